The summed E-state index contributed by atoms with van der Waals surface area (Å²) in [6.45, 7) is 6.06. The normalized spacial score (nSPS) is 12.3. The number of rotatable bonds is 11. The van der Waals surface area contributed by atoms with Crippen LogP contribution in [0.15, 0.2) is 36.4 Å². The Morgan fingerprint density at radius 3 is 1.83 bits per heavy atom. The lowest BCUT2D eigenvalue weighted by atomic mass is 10.1. The SMILES string of the molecule is CCOP(=O)(OCC)C(Nc1ccc(C)cc1)c1cc(OC)c(OC)c(OC)c1. The Hall–Kier alpha value is -2.21. The summed E-state index contributed by atoms with van der Waals surface area (Å²) in [4.78, 5) is 0. The summed E-state index contributed by atoms with van der Waals surface area (Å²) in [5.74, 6) is 0.587. The lowest BCUT2D eigenvalue weighted by Crippen LogP contribution is -2.16. The highest BCUT2D eigenvalue weighted by Gasteiger charge is 2.38. The number of anilines is 1. The maximum Gasteiger partial charge on any atom is 0.357 e. The summed E-state index contributed by atoms with van der Waals surface area (Å²) in [5.41, 5.74) is 2.54. The van der Waals surface area contributed by atoms with Crippen molar-refractivity contribution in [2.45, 2.75) is 26.6 Å². The van der Waals surface area contributed by atoms with Crippen LogP contribution in [0.25, 0.3) is 0 Å². The van der Waals surface area contributed by atoms with Crippen LogP contribution >= 0.6 is 7.60 Å². The van der Waals surface area contributed by atoms with Crippen LogP contribution in [-0.4, -0.2) is 34.5 Å². The fourth-order valence-electron chi connectivity index (χ4n) is 2.96. The van der Waals surface area contributed by atoms with Gasteiger partial charge in [-0.2, -0.15) is 0 Å². The van der Waals surface area contributed by atoms with E-state index in [0.717, 1.165) is 11.3 Å². The Labute approximate surface area is 172 Å². The molecule has 0 bridgehead atoms. The van der Waals surface area contributed by atoms with Gasteiger partial charge in [0.25, 0.3) is 0 Å². The van der Waals surface area contributed by atoms with Crippen LogP contribution in [0.1, 0.15) is 30.8 Å². The number of hydrogen-bond acceptors (Lipinski definition) is 7. The van der Waals surface area contributed by atoms with E-state index in [1.54, 1.807) is 26.0 Å². The van der Waals surface area contributed by atoms with Crippen molar-refractivity contribution in [3.05, 3.63) is 47.5 Å². The smallest absolute Gasteiger partial charge is 0.357 e. The maximum absolute atomic E-state index is 13.7. The van der Waals surface area contributed by atoms with Crippen LogP contribution < -0.4 is 19.5 Å². The zero-order chi connectivity index (χ0) is 21.4. The molecule has 160 valence electrons. The quantitative estimate of drug-likeness (QED) is 0.485. The van der Waals surface area contributed by atoms with E-state index in [1.165, 1.54) is 21.3 Å². The summed E-state index contributed by atoms with van der Waals surface area (Å²) in [5, 5.41) is 3.31. The number of hydrogen-bond donors (Lipinski definition) is 1. The molecular formula is C21H30NO6P. The fourth-order valence-corrected chi connectivity index (χ4v) is 4.87. The van der Waals surface area contributed by atoms with E-state index in [9.17, 15) is 4.57 Å². The first-order chi connectivity index (χ1) is 13.9. The number of methoxy groups -OCH3 is 3. The van der Waals surface area contributed by atoms with Gasteiger partial charge in [0.2, 0.25) is 5.75 Å². The van der Waals surface area contributed by atoms with Crippen LogP contribution in [0.4, 0.5) is 5.69 Å². The largest absolute Gasteiger partial charge is 0.493 e. The fraction of sp³-hybridized carbons (Fsp3) is 0.429. The van der Waals surface area contributed by atoms with Crippen molar-refractivity contribution in [1.82, 2.24) is 0 Å². The molecule has 2 aromatic carbocycles. The first-order valence-electron chi connectivity index (χ1n) is 9.44. The molecule has 29 heavy (non-hydrogen) atoms. The lowest BCUT2D eigenvalue weighted by molar-refractivity contribution is 0.214. The predicted molar refractivity (Wildman–Crippen MR) is 114 cm³/mol. The van der Waals surface area contributed by atoms with Crippen molar-refractivity contribution >= 4 is 13.3 Å². The van der Waals surface area contributed by atoms with Crippen LogP contribution in [0.3, 0.4) is 0 Å². The zero-order valence-corrected chi connectivity index (χ0v) is 18.7. The Balaban J connectivity index is 2.62. The van der Waals surface area contributed by atoms with Crippen molar-refractivity contribution in [2.75, 3.05) is 39.9 Å². The molecule has 1 N–H and O–H groups in total. The van der Waals surface area contributed by atoms with Gasteiger partial charge in [0.05, 0.1) is 34.5 Å². The third-order valence-electron chi connectivity index (χ3n) is 4.29. The molecule has 0 aliphatic heterocycles. The highest BCUT2D eigenvalue weighted by molar-refractivity contribution is 7.54. The number of benzene rings is 2. The first-order valence-corrected chi connectivity index (χ1v) is 11.0. The molecule has 0 aliphatic rings. The number of aryl methyl sites for hydroxylation is 1. The summed E-state index contributed by atoms with van der Waals surface area (Å²) in [6.07, 6.45) is 0. The van der Waals surface area contributed by atoms with E-state index in [4.69, 9.17) is 23.3 Å². The Morgan fingerprint density at radius 2 is 1.41 bits per heavy atom. The molecule has 1 unspecified atom stereocenters. The average molecular weight is 423 g/mol. The van der Waals surface area contributed by atoms with Gasteiger partial charge in [0.15, 0.2) is 17.3 Å². The van der Waals surface area contributed by atoms with Crippen molar-refractivity contribution in [3.63, 3.8) is 0 Å². The minimum absolute atomic E-state index is 0.244. The predicted octanol–water partition coefficient (Wildman–Crippen LogP) is 5.40. The maximum atomic E-state index is 13.7. The molecule has 0 aromatic heterocycles. The summed E-state index contributed by atoms with van der Waals surface area (Å²) >= 11 is 0. The molecule has 0 spiro atoms. The van der Waals surface area contributed by atoms with Gasteiger partial charge in [-0.15, -0.1) is 0 Å². The second-order valence-electron chi connectivity index (χ2n) is 6.25. The van der Waals surface area contributed by atoms with Crippen LogP contribution in [0.5, 0.6) is 17.2 Å². The molecule has 0 heterocycles. The third kappa shape index (κ3) is 5.44. The highest BCUT2D eigenvalue weighted by atomic mass is 31.2. The summed E-state index contributed by atoms with van der Waals surface area (Å²) < 4.78 is 41.3. The van der Waals surface area contributed by atoms with E-state index in [2.05, 4.69) is 5.32 Å². The highest BCUT2D eigenvalue weighted by Crippen LogP contribution is 2.61. The number of nitrogens with one attached hydrogen (secondary N) is 1. The molecule has 7 nitrogen and oxygen atoms in total. The van der Waals surface area contributed by atoms with Crippen molar-refractivity contribution in [1.29, 1.82) is 0 Å². The van der Waals surface area contributed by atoms with Gasteiger partial charge in [0, 0.05) is 5.69 Å². The van der Waals surface area contributed by atoms with E-state index in [0.29, 0.717) is 22.8 Å². The van der Waals surface area contributed by atoms with Crippen molar-refractivity contribution in [2.24, 2.45) is 0 Å². The van der Waals surface area contributed by atoms with Crippen molar-refractivity contribution < 1.29 is 27.8 Å². The lowest BCUT2D eigenvalue weighted by Gasteiger charge is -2.29. The Morgan fingerprint density at radius 1 is 0.897 bits per heavy atom. The molecule has 0 aliphatic carbocycles. The monoisotopic (exact) mass is 423 g/mol. The summed E-state index contributed by atoms with van der Waals surface area (Å²) in [7, 11) is 1.03. The van der Waals surface area contributed by atoms with Gasteiger partial charge in [-0.25, -0.2) is 0 Å². The molecule has 0 saturated heterocycles. The minimum Gasteiger partial charge on any atom is -0.493 e. The van der Waals surface area contributed by atoms with E-state index in [1.807, 2.05) is 31.2 Å². The molecule has 0 fully saturated rings. The topological polar surface area (TPSA) is 75.3 Å². The second kappa shape index (κ2) is 10.5. The van der Waals surface area contributed by atoms with E-state index >= 15 is 0 Å². The van der Waals surface area contributed by atoms with E-state index < -0.39 is 13.4 Å². The Bertz CT molecular complexity index is 805. The van der Waals surface area contributed by atoms with Crippen LogP contribution in [0.2, 0.25) is 0 Å². The van der Waals surface area contributed by atoms with Gasteiger partial charge < -0.3 is 28.6 Å². The van der Waals surface area contributed by atoms with Gasteiger partial charge in [-0.1, -0.05) is 17.7 Å². The molecule has 8 heteroatoms. The molecule has 2 rings (SSSR count). The van der Waals surface area contributed by atoms with E-state index in [-0.39, 0.29) is 13.2 Å². The average Bonchev–Trinajstić information content (AvgIpc) is 2.72. The first kappa shape index (κ1) is 23.1. The number of ether oxygens (including phenoxy) is 3. The molecule has 0 amide bonds. The van der Waals surface area contributed by atoms with Gasteiger partial charge in [-0.3, -0.25) is 4.57 Å². The van der Waals surface area contributed by atoms with Gasteiger partial charge >= 0.3 is 7.60 Å². The standard InChI is InChI=1S/C21H30NO6P/c1-7-27-29(23,28-8-2)21(22-17-11-9-15(3)10-12-17)16-13-18(24-4)20(26-6)19(14-16)25-5/h9-14,21-22H,7-8H2,1-6H3. The molecule has 0 saturated carbocycles. The third-order valence-corrected chi connectivity index (χ3v) is 6.59. The molecular weight excluding hydrogens is 393 g/mol. The molecule has 2 aromatic rings. The molecule has 1 atom stereocenters. The van der Waals surface area contributed by atoms with Gasteiger partial charge in [-0.05, 0) is 50.6 Å². The second-order valence-corrected chi connectivity index (χ2v) is 8.36. The zero-order valence-electron chi connectivity index (χ0n) is 17.9. The van der Waals surface area contributed by atoms with Crippen LogP contribution in [0, 0.1) is 6.92 Å². The van der Waals surface area contributed by atoms with Crippen LogP contribution in [-0.2, 0) is 13.6 Å². The Kier molecular flexibility index (Phi) is 8.38. The minimum atomic E-state index is -3.58. The van der Waals surface area contributed by atoms with Crippen molar-refractivity contribution in [3.8, 4) is 17.2 Å². The molecule has 0 radical (unpaired) electrons. The summed E-state index contributed by atoms with van der Waals surface area (Å²) in [6, 6.07) is 11.3. The van der Waals surface area contributed by atoms with Gasteiger partial charge in [0.1, 0.15) is 0 Å².